The monoisotopic (exact) mass is 285 g/mol. The number of amides is 4. The van der Waals surface area contributed by atoms with Gasteiger partial charge in [-0.05, 0) is 20.3 Å². The molecule has 0 spiro atoms. The normalized spacial score (nSPS) is 18.6. The molecule has 0 radical (unpaired) electrons. The summed E-state index contributed by atoms with van der Waals surface area (Å²) in [5.74, 6) is -2.33. The molecule has 0 aromatic carbocycles. The van der Waals surface area contributed by atoms with E-state index in [1.807, 2.05) is 0 Å². The molecule has 0 saturated carbocycles. The first-order valence-electron chi connectivity index (χ1n) is 6.35. The first-order valence-corrected chi connectivity index (χ1v) is 6.35. The van der Waals surface area contributed by atoms with Gasteiger partial charge in [0.2, 0.25) is 5.91 Å². The van der Waals surface area contributed by atoms with Crippen LogP contribution in [0.15, 0.2) is 0 Å². The maximum Gasteiger partial charge on any atom is 0.326 e. The van der Waals surface area contributed by atoms with Gasteiger partial charge in [0.1, 0.15) is 18.1 Å². The van der Waals surface area contributed by atoms with E-state index in [4.69, 9.17) is 5.11 Å². The Balaban J connectivity index is 2.65. The van der Waals surface area contributed by atoms with Gasteiger partial charge in [0.05, 0.1) is 0 Å². The van der Waals surface area contributed by atoms with E-state index in [1.54, 1.807) is 6.92 Å². The number of urea groups is 1. The molecule has 20 heavy (non-hydrogen) atoms. The molecule has 0 aromatic rings. The molecule has 1 aliphatic rings. The molecule has 1 atom stereocenters. The van der Waals surface area contributed by atoms with E-state index in [0.29, 0.717) is 6.42 Å². The highest BCUT2D eigenvalue weighted by Gasteiger charge is 2.45. The highest BCUT2D eigenvalue weighted by Crippen LogP contribution is 2.15. The van der Waals surface area contributed by atoms with Crippen LogP contribution < -0.4 is 10.6 Å². The third-order valence-electron chi connectivity index (χ3n) is 2.96. The van der Waals surface area contributed by atoms with Crippen molar-refractivity contribution in [1.82, 2.24) is 15.5 Å². The van der Waals surface area contributed by atoms with Crippen molar-refractivity contribution in [3.63, 3.8) is 0 Å². The predicted molar refractivity (Wildman–Crippen MR) is 68.8 cm³/mol. The third-order valence-corrected chi connectivity index (χ3v) is 2.96. The Morgan fingerprint density at radius 2 is 2.00 bits per heavy atom. The minimum atomic E-state index is -1.14. The third kappa shape index (κ3) is 3.46. The lowest BCUT2D eigenvalue weighted by molar-refractivity contribution is -0.142. The van der Waals surface area contributed by atoms with Gasteiger partial charge < -0.3 is 15.7 Å². The number of rotatable bonds is 6. The molecular weight excluding hydrogens is 266 g/mol. The van der Waals surface area contributed by atoms with Crippen LogP contribution in [0, 0.1) is 0 Å². The van der Waals surface area contributed by atoms with Gasteiger partial charge in [-0.2, -0.15) is 0 Å². The van der Waals surface area contributed by atoms with Crippen LogP contribution in [-0.2, 0) is 14.4 Å². The van der Waals surface area contributed by atoms with Crippen molar-refractivity contribution in [3.8, 4) is 0 Å². The van der Waals surface area contributed by atoms with Gasteiger partial charge in [0.15, 0.2) is 0 Å². The Labute approximate surface area is 116 Å². The zero-order valence-corrected chi connectivity index (χ0v) is 11.7. The first-order chi connectivity index (χ1) is 9.19. The molecule has 1 unspecified atom stereocenters. The van der Waals surface area contributed by atoms with E-state index >= 15 is 0 Å². The van der Waals surface area contributed by atoms with Gasteiger partial charge in [-0.1, -0.05) is 13.3 Å². The van der Waals surface area contributed by atoms with Crippen molar-refractivity contribution in [2.45, 2.75) is 45.2 Å². The number of imide groups is 1. The molecule has 1 saturated heterocycles. The highest BCUT2D eigenvalue weighted by atomic mass is 16.4. The Bertz CT molecular complexity index is 446. The molecule has 0 aliphatic carbocycles. The second-order valence-electron chi connectivity index (χ2n) is 5.19. The van der Waals surface area contributed by atoms with Crippen LogP contribution in [0.5, 0.6) is 0 Å². The molecular formula is C12H19N3O5. The lowest BCUT2D eigenvalue weighted by Gasteiger charge is -2.17. The SMILES string of the molecule is CCCC(NC(=O)CN1C(=O)NC(C)(C)C1=O)C(=O)O. The minimum Gasteiger partial charge on any atom is -0.480 e. The number of carboxylic acids is 1. The zero-order valence-electron chi connectivity index (χ0n) is 11.7. The molecule has 0 bridgehead atoms. The van der Waals surface area contributed by atoms with Crippen molar-refractivity contribution in [2.24, 2.45) is 0 Å². The van der Waals surface area contributed by atoms with Crippen molar-refractivity contribution in [2.75, 3.05) is 6.54 Å². The maximum atomic E-state index is 11.9. The Hall–Kier alpha value is -2.12. The minimum absolute atomic E-state index is 0.284. The fraction of sp³-hybridized carbons (Fsp3) is 0.667. The second kappa shape index (κ2) is 5.89. The summed E-state index contributed by atoms with van der Waals surface area (Å²) in [6.45, 7) is 4.37. The van der Waals surface area contributed by atoms with Gasteiger partial charge in [-0.3, -0.25) is 14.5 Å². The van der Waals surface area contributed by atoms with Gasteiger partial charge >= 0.3 is 12.0 Å². The molecule has 8 nitrogen and oxygen atoms in total. The largest absolute Gasteiger partial charge is 0.480 e. The molecule has 1 rings (SSSR count). The maximum absolute atomic E-state index is 11.9. The Morgan fingerprint density at radius 1 is 1.40 bits per heavy atom. The quantitative estimate of drug-likeness (QED) is 0.579. The second-order valence-corrected chi connectivity index (χ2v) is 5.19. The van der Waals surface area contributed by atoms with Crippen molar-refractivity contribution in [3.05, 3.63) is 0 Å². The lowest BCUT2D eigenvalue weighted by Crippen LogP contribution is -2.47. The number of carbonyl (C=O) groups excluding carboxylic acids is 3. The fourth-order valence-electron chi connectivity index (χ4n) is 1.89. The molecule has 1 aliphatic heterocycles. The number of nitrogens with zero attached hydrogens (tertiary/aromatic N) is 1. The van der Waals surface area contributed by atoms with E-state index in [-0.39, 0.29) is 6.42 Å². The molecule has 1 heterocycles. The standard InChI is InChI=1S/C12H19N3O5/c1-4-5-7(9(17)18)13-8(16)6-15-10(19)12(2,3)14-11(15)20/h7H,4-6H2,1-3H3,(H,13,16)(H,14,20)(H,17,18). The number of carbonyl (C=O) groups is 4. The van der Waals surface area contributed by atoms with Gasteiger partial charge in [0.25, 0.3) is 5.91 Å². The van der Waals surface area contributed by atoms with Gasteiger partial charge in [-0.25, -0.2) is 9.59 Å². The summed E-state index contributed by atoms with van der Waals surface area (Å²) >= 11 is 0. The summed E-state index contributed by atoms with van der Waals surface area (Å²) in [7, 11) is 0. The van der Waals surface area contributed by atoms with Crippen molar-refractivity contribution >= 4 is 23.8 Å². The van der Waals surface area contributed by atoms with Crippen LogP contribution >= 0.6 is 0 Å². The van der Waals surface area contributed by atoms with Crippen molar-refractivity contribution in [1.29, 1.82) is 0 Å². The molecule has 112 valence electrons. The van der Waals surface area contributed by atoms with Crippen LogP contribution in [0.3, 0.4) is 0 Å². The Morgan fingerprint density at radius 3 is 2.40 bits per heavy atom. The average molecular weight is 285 g/mol. The molecule has 4 amide bonds. The van der Waals surface area contributed by atoms with E-state index in [0.717, 1.165) is 4.90 Å². The zero-order chi connectivity index (χ0) is 15.5. The van der Waals surface area contributed by atoms with Crippen LogP contribution in [0.4, 0.5) is 4.79 Å². The summed E-state index contributed by atoms with van der Waals surface area (Å²) in [5.41, 5.74) is -1.05. The van der Waals surface area contributed by atoms with Crippen LogP contribution in [0.1, 0.15) is 33.6 Å². The average Bonchev–Trinajstić information content (AvgIpc) is 2.51. The van der Waals surface area contributed by atoms with E-state index < -0.39 is 41.9 Å². The molecule has 3 N–H and O–H groups in total. The number of hydrogen-bond donors (Lipinski definition) is 3. The molecule has 1 fully saturated rings. The molecule has 0 aromatic heterocycles. The number of hydrogen-bond acceptors (Lipinski definition) is 4. The predicted octanol–water partition coefficient (Wildman–Crippen LogP) is -0.314. The summed E-state index contributed by atoms with van der Waals surface area (Å²) in [4.78, 5) is 46.9. The van der Waals surface area contributed by atoms with E-state index in [2.05, 4.69) is 10.6 Å². The summed E-state index contributed by atoms with van der Waals surface area (Å²) < 4.78 is 0. The first kappa shape index (κ1) is 15.9. The van der Waals surface area contributed by atoms with Crippen LogP contribution in [0.2, 0.25) is 0 Å². The van der Waals surface area contributed by atoms with Crippen LogP contribution in [0.25, 0.3) is 0 Å². The van der Waals surface area contributed by atoms with Crippen molar-refractivity contribution < 1.29 is 24.3 Å². The summed E-state index contributed by atoms with van der Waals surface area (Å²) in [6, 6.07) is -1.67. The van der Waals surface area contributed by atoms with E-state index in [1.165, 1.54) is 13.8 Å². The van der Waals surface area contributed by atoms with Crippen LogP contribution in [-0.4, -0.2) is 51.9 Å². The topological polar surface area (TPSA) is 116 Å². The van der Waals surface area contributed by atoms with E-state index in [9.17, 15) is 19.2 Å². The lowest BCUT2D eigenvalue weighted by atomic mass is 10.1. The molecule has 8 heteroatoms. The fourth-order valence-corrected chi connectivity index (χ4v) is 1.89. The summed E-state index contributed by atoms with van der Waals surface area (Å²) in [5, 5.41) is 13.7. The number of carboxylic acid groups (broad SMARTS) is 1. The smallest absolute Gasteiger partial charge is 0.326 e. The number of aliphatic carboxylic acids is 1. The Kier molecular flexibility index (Phi) is 4.69. The van der Waals surface area contributed by atoms with Gasteiger partial charge in [0, 0.05) is 0 Å². The number of nitrogens with one attached hydrogen (secondary N) is 2. The highest BCUT2D eigenvalue weighted by molar-refractivity contribution is 6.08. The summed E-state index contributed by atoms with van der Waals surface area (Å²) in [6.07, 6.45) is 0.875. The van der Waals surface area contributed by atoms with Gasteiger partial charge in [-0.15, -0.1) is 0 Å².